The zero-order valence-electron chi connectivity index (χ0n) is 14.0. The summed E-state index contributed by atoms with van der Waals surface area (Å²) in [6.45, 7) is 9.85. The van der Waals surface area contributed by atoms with E-state index in [0.29, 0.717) is 0 Å². The average molecular weight is 282 g/mol. The minimum absolute atomic E-state index is 0.890. The molecule has 0 saturated carbocycles. The third-order valence-electron chi connectivity index (χ3n) is 3.12. The smallest absolute Gasteiger partial charge is 0.193 e. The van der Waals surface area contributed by atoms with Crippen molar-refractivity contribution >= 4 is 5.96 Å². The lowest BCUT2D eigenvalue weighted by Gasteiger charge is -2.22. The van der Waals surface area contributed by atoms with Crippen molar-refractivity contribution in [1.82, 2.24) is 15.1 Å². The van der Waals surface area contributed by atoms with E-state index in [1.54, 1.807) is 0 Å². The van der Waals surface area contributed by atoms with Gasteiger partial charge in [0.1, 0.15) is 0 Å². The van der Waals surface area contributed by atoms with Gasteiger partial charge in [-0.3, -0.25) is 4.99 Å². The fourth-order valence-corrected chi connectivity index (χ4v) is 1.96. The fourth-order valence-electron chi connectivity index (χ4n) is 1.96. The van der Waals surface area contributed by atoms with Crippen molar-refractivity contribution in [2.75, 3.05) is 47.3 Å². The molecule has 1 N–H and O–H groups in total. The average Bonchev–Trinajstić information content (AvgIpc) is 2.41. The Kier molecular flexibility index (Phi) is 12.3. The van der Waals surface area contributed by atoms with Gasteiger partial charge in [-0.15, -0.1) is 6.58 Å². The Morgan fingerprint density at radius 1 is 1.10 bits per heavy atom. The number of nitrogens with one attached hydrogen (secondary N) is 1. The molecule has 0 spiro atoms. The van der Waals surface area contributed by atoms with Gasteiger partial charge in [0.15, 0.2) is 5.96 Å². The zero-order valence-corrected chi connectivity index (χ0v) is 14.0. The molecule has 0 bridgehead atoms. The first-order valence-corrected chi connectivity index (χ1v) is 7.86. The lowest BCUT2D eigenvalue weighted by atomic mass is 10.2. The van der Waals surface area contributed by atoms with Crippen molar-refractivity contribution < 1.29 is 0 Å². The van der Waals surface area contributed by atoms with Crippen LogP contribution in [0.25, 0.3) is 0 Å². The van der Waals surface area contributed by atoms with Crippen LogP contribution in [0.1, 0.15) is 39.0 Å². The first-order chi connectivity index (χ1) is 9.61. The Hall–Kier alpha value is -1.03. The van der Waals surface area contributed by atoms with Gasteiger partial charge in [-0.25, -0.2) is 0 Å². The van der Waals surface area contributed by atoms with E-state index in [-0.39, 0.29) is 0 Å². The summed E-state index contributed by atoms with van der Waals surface area (Å²) >= 11 is 0. The number of nitrogens with zero attached hydrogens (tertiary/aromatic N) is 3. The van der Waals surface area contributed by atoms with Crippen LogP contribution in [0.2, 0.25) is 0 Å². The Balaban J connectivity index is 4.00. The molecular formula is C16H34N4. The van der Waals surface area contributed by atoms with Crippen LogP contribution < -0.4 is 5.32 Å². The molecule has 4 nitrogen and oxygen atoms in total. The first kappa shape index (κ1) is 19.0. The quantitative estimate of drug-likeness (QED) is 0.273. The molecule has 4 heteroatoms. The van der Waals surface area contributed by atoms with Crippen LogP contribution in [0, 0.1) is 0 Å². The van der Waals surface area contributed by atoms with E-state index in [1.165, 1.54) is 19.3 Å². The molecule has 0 aromatic heterocycles. The summed E-state index contributed by atoms with van der Waals surface area (Å²) in [6.07, 6.45) is 7.95. The van der Waals surface area contributed by atoms with Gasteiger partial charge in [0, 0.05) is 26.7 Å². The van der Waals surface area contributed by atoms with Crippen LogP contribution in [0.3, 0.4) is 0 Å². The van der Waals surface area contributed by atoms with Crippen LogP contribution >= 0.6 is 0 Å². The summed E-state index contributed by atoms with van der Waals surface area (Å²) < 4.78 is 0. The molecule has 0 aliphatic rings. The minimum Gasteiger partial charge on any atom is -0.357 e. The Bertz CT molecular complexity index is 261. The van der Waals surface area contributed by atoms with Crippen molar-refractivity contribution in [2.24, 2.45) is 4.99 Å². The van der Waals surface area contributed by atoms with Gasteiger partial charge in [0.05, 0.1) is 0 Å². The first-order valence-electron chi connectivity index (χ1n) is 7.86. The number of hydrogen-bond acceptors (Lipinski definition) is 2. The second kappa shape index (κ2) is 13.0. The summed E-state index contributed by atoms with van der Waals surface area (Å²) in [7, 11) is 6.33. The predicted octanol–water partition coefficient (Wildman–Crippen LogP) is 2.58. The standard InChI is InChI=1S/C16H34N4/c1-6-8-9-10-11-15-20(5)16(17-7-2)18-13-12-14-19(3)4/h6H,1,7-15H2,2-5H3,(H,17,18). The Morgan fingerprint density at radius 3 is 2.45 bits per heavy atom. The van der Waals surface area contributed by atoms with Crippen molar-refractivity contribution in [2.45, 2.75) is 39.0 Å². The van der Waals surface area contributed by atoms with Crippen LogP contribution in [0.15, 0.2) is 17.6 Å². The third-order valence-corrected chi connectivity index (χ3v) is 3.12. The molecule has 0 rings (SSSR count). The lowest BCUT2D eigenvalue weighted by molar-refractivity contribution is 0.401. The normalized spacial score (nSPS) is 11.8. The molecule has 20 heavy (non-hydrogen) atoms. The molecule has 0 unspecified atom stereocenters. The summed E-state index contributed by atoms with van der Waals surface area (Å²) in [6, 6.07) is 0. The summed E-state index contributed by atoms with van der Waals surface area (Å²) in [5.74, 6) is 1.04. The van der Waals surface area contributed by atoms with Crippen LogP contribution in [0.4, 0.5) is 0 Å². The van der Waals surface area contributed by atoms with Gasteiger partial charge in [0.2, 0.25) is 0 Å². The minimum atomic E-state index is 0.890. The molecule has 0 fully saturated rings. The molecule has 0 aliphatic heterocycles. The molecule has 0 aliphatic carbocycles. The van der Waals surface area contributed by atoms with Crippen molar-refractivity contribution in [3.8, 4) is 0 Å². The number of rotatable bonds is 11. The maximum atomic E-state index is 4.69. The number of guanidine groups is 1. The number of unbranched alkanes of at least 4 members (excludes halogenated alkanes) is 3. The van der Waals surface area contributed by atoms with Gasteiger partial charge in [-0.05, 0) is 53.2 Å². The van der Waals surface area contributed by atoms with Gasteiger partial charge in [-0.2, -0.15) is 0 Å². The molecule has 0 atom stereocenters. The van der Waals surface area contributed by atoms with Crippen LogP contribution in [-0.4, -0.2) is 63.1 Å². The SMILES string of the molecule is C=CCCCCCN(C)C(=NCCCN(C)C)NCC. The highest BCUT2D eigenvalue weighted by Gasteiger charge is 2.04. The highest BCUT2D eigenvalue weighted by atomic mass is 15.3. The third kappa shape index (κ3) is 10.9. The second-order valence-electron chi connectivity index (χ2n) is 5.45. The summed E-state index contributed by atoms with van der Waals surface area (Å²) in [5, 5.41) is 3.37. The van der Waals surface area contributed by atoms with Gasteiger partial charge >= 0.3 is 0 Å². The van der Waals surface area contributed by atoms with E-state index >= 15 is 0 Å². The lowest BCUT2D eigenvalue weighted by Crippen LogP contribution is -2.39. The molecule has 0 aromatic rings. The maximum absolute atomic E-state index is 4.69. The molecule has 118 valence electrons. The van der Waals surface area contributed by atoms with Crippen LogP contribution in [-0.2, 0) is 0 Å². The predicted molar refractivity (Wildman–Crippen MR) is 90.4 cm³/mol. The highest BCUT2D eigenvalue weighted by molar-refractivity contribution is 5.79. The van der Waals surface area contributed by atoms with E-state index < -0.39 is 0 Å². The molecular weight excluding hydrogens is 248 g/mol. The van der Waals surface area contributed by atoms with Gasteiger partial charge < -0.3 is 15.1 Å². The molecule has 0 amide bonds. The highest BCUT2D eigenvalue weighted by Crippen LogP contribution is 2.01. The van der Waals surface area contributed by atoms with Gasteiger partial charge in [0.25, 0.3) is 0 Å². The monoisotopic (exact) mass is 282 g/mol. The molecule has 0 radical (unpaired) electrons. The summed E-state index contributed by atoms with van der Waals surface area (Å²) in [4.78, 5) is 9.13. The molecule has 0 aromatic carbocycles. The Labute approximate surface area is 125 Å². The maximum Gasteiger partial charge on any atom is 0.193 e. The second-order valence-corrected chi connectivity index (χ2v) is 5.45. The van der Waals surface area contributed by atoms with Crippen molar-refractivity contribution in [3.63, 3.8) is 0 Å². The number of aliphatic imine (C=N–C) groups is 1. The summed E-state index contributed by atoms with van der Waals surface area (Å²) in [5.41, 5.74) is 0. The zero-order chi connectivity index (χ0) is 15.2. The Morgan fingerprint density at radius 2 is 1.85 bits per heavy atom. The number of allylic oxidation sites excluding steroid dienone is 1. The van der Waals surface area contributed by atoms with E-state index in [2.05, 4.69) is 54.8 Å². The largest absolute Gasteiger partial charge is 0.357 e. The molecule has 0 saturated heterocycles. The van der Waals surface area contributed by atoms with E-state index in [1.807, 2.05) is 6.08 Å². The van der Waals surface area contributed by atoms with E-state index in [9.17, 15) is 0 Å². The van der Waals surface area contributed by atoms with Gasteiger partial charge in [-0.1, -0.05) is 12.5 Å². The van der Waals surface area contributed by atoms with Crippen molar-refractivity contribution in [1.29, 1.82) is 0 Å². The van der Waals surface area contributed by atoms with E-state index in [0.717, 1.165) is 45.0 Å². The van der Waals surface area contributed by atoms with Crippen LogP contribution in [0.5, 0.6) is 0 Å². The fraction of sp³-hybridized carbons (Fsp3) is 0.812. The molecule has 0 heterocycles. The number of hydrogen-bond donors (Lipinski definition) is 1. The van der Waals surface area contributed by atoms with Crippen molar-refractivity contribution in [3.05, 3.63) is 12.7 Å². The topological polar surface area (TPSA) is 30.9 Å². The van der Waals surface area contributed by atoms with E-state index in [4.69, 9.17) is 0 Å².